The molecule has 0 radical (unpaired) electrons. The van der Waals surface area contributed by atoms with E-state index in [0.29, 0.717) is 18.1 Å². The molecule has 0 atom stereocenters. The standard InChI is InChI=1S/C16H14ClF2NO4S/c1-25(22,23)20-13-8-10(3-7-16(17)21)2-5-15(13)24-14-6-4-11(18)9-12(14)19/h2,4-6,8-9,20H,3,7H2,1H3. The molecule has 0 aliphatic heterocycles. The van der Waals surface area contributed by atoms with Crippen molar-refractivity contribution in [3.63, 3.8) is 0 Å². The third kappa shape index (κ3) is 5.99. The van der Waals surface area contributed by atoms with Gasteiger partial charge in [0, 0.05) is 12.5 Å². The summed E-state index contributed by atoms with van der Waals surface area (Å²) in [5, 5.41) is -0.522. The van der Waals surface area contributed by atoms with Crippen LogP contribution >= 0.6 is 11.6 Å². The van der Waals surface area contributed by atoms with Crippen LogP contribution in [0.25, 0.3) is 0 Å². The van der Waals surface area contributed by atoms with Gasteiger partial charge in [-0.2, -0.15) is 0 Å². The second-order valence-electron chi connectivity index (χ2n) is 5.24. The molecular formula is C16H14ClF2NO4S. The van der Waals surface area contributed by atoms with Crippen LogP contribution in [-0.4, -0.2) is 19.9 Å². The van der Waals surface area contributed by atoms with Gasteiger partial charge in [0.25, 0.3) is 0 Å². The third-order valence-electron chi connectivity index (χ3n) is 3.06. The molecule has 0 saturated carbocycles. The van der Waals surface area contributed by atoms with Crippen molar-refractivity contribution in [2.75, 3.05) is 11.0 Å². The number of rotatable bonds is 7. The van der Waals surface area contributed by atoms with Gasteiger partial charge >= 0.3 is 0 Å². The number of sulfonamides is 1. The Balaban J connectivity index is 2.36. The minimum absolute atomic E-state index is 0.0249. The zero-order valence-corrected chi connectivity index (χ0v) is 14.6. The molecule has 0 heterocycles. The van der Waals surface area contributed by atoms with Crippen LogP contribution in [0.5, 0.6) is 11.5 Å². The maximum absolute atomic E-state index is 13.7. The molecule has 0 aliphatic carbocycles. The van der Waals surface area contributed by atoms with E-state index < -0.39 is 26.9 Å². The summed E-state index contributed by atoms with van der Waals surface area (Å²) in [5.74, 6) is -1.93. The van der Waals surface area contributed by atoms with Crippen molar-refractivity contribution in [3.05, 3.63) is 53.6 Å². The molecule has 0 saturated heterocycles. The number of nitrogens with one attached hydrogen (secondary N) is 1. The second kappa shape index (κ2) is 7.79. The van der Waals surface area contributed by atoms with Gasteiger partial charge in [0.05, 0.1) is 11.9 Å². The highest BCUT2D eigenvalue weighted by Gasteiger charge is 2.14. The van der Waals surface area contributed by atoms with Crippen LogP contribution in [0.2, 0.25) is 0 Å². The highest BCUT2D eigenvalue weighted by Crippen LogP contribution is 2.33. The molecule has 5 nitrogen and oxygen atoms in total. The molecule has 1 N–H and O–H groups in total. The molecule has 2 rings (SSSR count). The van der Waals surface area contributed by atoms with Gasteiger partial charge in [-0.3, -0.25) is 9.52 Å². The average Bonchev–Trinajstić information content (AvgIpc) is 2.48. The summed E-state index contributed by atoms with van der Waals surface area (Å²) < 4.78 is 57.4. The van der Waals surface area contributed by atoms with Crippen LogP contribution in [0, 0.1) is 11.6 Å². The topological polar surface area (TPSA) is 72.5 Å². The number of hydrogen-bond donors (Lipinski definition) is 1. The third-order valence-corrected chi connectivity index (χ3v) is 3.84. The number of carbonyl (C=O) groups is 1. The van der Waals surface area contributed by atoms with Gasteiger partial charge in [-0.15, -0.1) is 0 Å². The Bertz CT molecular complexity index is 903. The van der Waals surface area contributed by atoms with Gasteiger partial charge < -0.3 is 4.74 Å². The Kier molecular flexibility index (Phi) is 5.97. The normalized spacial score (nSPS) is 11.2. The summed E-state index contributed by atoms with van der Waals surface area (Å²) >= 11 is 5.30. The number of halogens is 3. The summed E-state index contributed by atoms with van der Waals surface area (Å²) in [6, 6.07) is 7.23. The SMILES string of the molecule is CS(=O)(=O)Nc1cc(CCC(=O)Cl)ccc1Oc1ccc(F)cc1F. The van der Waals surface area contributed by atoms with Gasteiger partial charge in [0.1, 0.15) is 5.82 Å². The predicted octanol–water partition coefficient (Wildman–Crippen LogP) is 3.83. The van der Waals surface area contributed by atoms with Crippen molar-refractivity contribution in [2.45, 2.75) is 12.8 Å². The van der Waals surface area contributed by atoms with Gasteiger partial charge in [0.2, 0.25) is 15.3 Å². The summed E-state index contributed by atoms with van der Waals surface area (Å²) in [4.78, 5) is 10.9. The molecular weight excluding hydrogens is 376 g/mol. The van der Waals surface area contributed by atoms with E-state index in [1.54, 1.807) is 6.07 Å². The zero-order valence-electron chi connectivity index (χ0n) is 13.1. The number of ether oxygens (including phenoxy) is 1. The van der Waals surface area contributed by atoms with E-state index in [0.717, 1.165) is 18.4 Å². The number of carbonyl (C=O) groups excluding carboxylic acids is 1. The fourth-order valence-electron chi connectivity index (χ4n) is 2.02. The van der Waals surface area contributed by atoms with E-state index >= 15 is 0 Å². The monoisotopic (exact) mass is 389 g/mol. The molecule has 0 spiro atoms. The second-order valence-corrected chi connectivity index (χ2v) is 7.41. The summed E-state index contributed by atoms with van der Waals surface area (Å²) in [7, 11) is -3.63. The largest absolute Gasteiger partial charge is 0.452 e. The maximum Gasteiger partial charge on any atom is 0.229 e. The first-order valence-corrected chi connectivity index (χ1v) is 9.33. The lowest BCUT2D eigenvalue weighted by Crippen LogP contribution is -2.11. The van der Waals surface area contributed by atoms with Crippen LogP contribution in [0.1, 0.15) is 12.0 Å². The lowest BCUT2D eigenvalue weighted by Gasteiger charge is -2.14. The van der Waals surface area contributed by atoms with Crippen molar-refractivity contribution in [3.8, 4) is 11.5 Å². The van der Waals surface area contributed by atoms with E-state index in [9.17, 15) is 22.0 Å². The summed E-state index contributed by atoms with van der Waals surface area (Å²) in [6.45, 7) is 0. The number of aryl methyl sites for hydroxylation is 1. The van der Waals surface area contributed by atoms with Crippen molar-refractivity contribution >= 4 is 32.6 Å². The van der Waals surface area contributed by atoms with Gasteiger partial charge in [0.15, 0.2) is 17.3 Å². The molecule has 134 valence electrons. The highest BCUT2D eigenvalue weighted by atomic mass is 35.5. The summed E-state index contributed by atoms with van der Waals surface area (Å²) in [5.41, 5.74) is 0.692. The first kappa shape index (κ1) is 19.1. The quantitative estimate of drug-likeness (QED) is 0.730. The van der Waals surface area contributed by atoms with E-state index in [4.69, 9.17) is 16.3 Å². The smallest absolute Gasteiger partial charge is 0.229 e. The molecule has 2 aromatic rings. The Morgan fingerprint density at radius 1 is 1.16 bits per heavy atom. The predicted molar refractivity (Wildman–Crippen MR) is 90.5 cm³/mol. The van der Waals surface area contributed by atoms with Crippen molar-refractivity contribution in [1.29, 1.82) is 0 Å². The fraction of sp³-hybridized carbons (Fsp3) is 0.188. The molecule has 0 aliphatic rings. The molecule has 2 aromatic carbocycles. The Morgan fingerprint density at radius 2 is 1.84 bits per heavy atom. The van der Waals surface area contributed by atoms with Crippen molar-refractivity contribution < 1.29 is 26.7 Å². The van der Waals surface area contributed by atoms with Gasteiger partial charge in [-0.1, -0.05) is 6.07 Å². The Morgan fingerprint density at radius 3 is 2.44 bits per heavy atom. The van der Waals surface area contributed by atoms with Gasteiger partial charge in [-0.05, 0) is 47.9 Å². The van der Waals surface area contributed by atoms with E-state index in [1.807, 2.05) is 0 Å². The van der Waals surface area contributed by atoms with Gasteiger partial charge in [-0.25, -0.2) is 17.2 Å². The van der Waals surface area contributed by atoms with Crippen LogP contribution < -0.4 is 9.46 Å². The molecule has 0 fully saturated rings. The fourth-order valence-corrected chi connectivity index (χ4v) is 2.67. The maximum atomic E-state index is 13.7. The zero-order chi connectivity index (χ0) is 18.6. The molecule has 25 heavy (non-hydrogen) atoms. The number of benzene rings is 2. The molecule has 0 aromatic heterocycles. The van der Waals surface area contributed by atoms with Crippen LogP contribution in [0.4, 0.5) is 14.5 Å². The van der Waals surface area contributed by atoms with E-state index in [2.05, 4.69) is 4.72 Å². The van der Waals surface area contributed by atoms with Crippen molar-refractivity contribution in [1.82, 2.24) is 0 Å². The minimum atomic E-state index is -3.63. The highest BCUT2D eigenvalue weighted by molar-refractivity contribution is 7.92. The lowest BCUT2D eigenvalue weighted by atomic mass is 10.1. The average molecular weight is 390 g/mol. The van der Waals surface area contributed by atoms with Crippen molar-refractivity contribution in [2.24, 2.45) is 0 Å². The van der Waals surface area contributed by atoms with Crippen LogP contribution in [0.15, 0.2) is 36.4 Å². The summed E-state index contributed by atoms with van der Waals surface area (Å²) in [6.07, 6.45) is 1.32. The number of hydrogen-bond acceptors (Lipinski definition) is 4. The van der Waals surface area contributed by atoms with E-state index in [1.165, 1.54) is 12.1 Å². The Labute approximate surface area is 148 Å². The first-order valence-electron chi connectivity index (χ1n) is 7.06. The molecule has 0 bridgehead atoms. The molecule has 0 amide bonds. The first-order chi connectivity index (χ1) is 11.6. The van der Waals surface area contributed by atoms with E-state index in [-0.39, 0.29) is 23.6 Å². The number of anilines is 1. The lowest BCUT2D eigenvalue weighted by molar-refractivity contribution is -0.111. The molecule has 0 unspecified atom stereocenters. The molecule has 9 heteroatoms. The Hall–Kier alpha value is -2.19. The van der Waals surface area contributed by atoms with Crippen LogP contribution in [0.3, 0.4) is 0 Å². The minimum Gasteiger partial charge on any atom is -0.452 e. The van der Waals surface area contributed by atoms with Crippen LogP contribution in [-0.2, 0) is 21.2 Å².